The van der Waals surface area contributed by atoms with Crippen LogP contribution in [0.5, 0.6) is 5.75 Å². The van der Waals surface area contributed by atoms with Gasteiger partial charge in [-0.2, -0.15) is 0 Å². The van der Waals surface area contributed by atoms with E-state index in [0.29, 0.717) is 6.42 Å². The lowest BCUT2D eigenvalue weighted by Crippen LogP contribution is -2.36. The highest BCUT2D eigenvalue weighted by Crippen LogP contribution is 2.37. The molecule has 2 saturated heterocycles. The topological polar surface area (TPSA) is 83.0 Å². The molecule has 2 aromatic rings. The number of pyridine rings is 1. The van der Waals surface area contributed by atoms with Crippen molar-refractivity contribution >= 4 is 23.5 Å². The first-order chi connectivity index (χ1) is 14.8. The van der Waals surface area contributed by atoms with E-state index in [1.165, 1.54) is 18.1 Å². The van der Waals surface area contributed by atoms with Gasteiger partial charge in [0.2, 0.25) is 11.8 Å². The highest BCUT2D eigenvalue weighted by atomic mass is 19.1. The molecule has 1 aromatic carbocycles. The third-order valence-electron chi connectivity index (χ3n) is 5.67. The van der Waals surface area contributed by atoms with E-state index in [0.717, 1.165) is 23.1 Å². The van der Waals surface area contributed by atoms with E-state index in [2.05, 4.69) is 4.98 Å². The molecular weight excluding hydrogens is 415 g/mol. The van der Waals surface area contributed by atoms with Crippen LogP contribution in [0.1, 0.15) is 30.7 Å². The van der Waals surface area contributed by atoms with Gasteiger partial charge in [0, 0.05) is 43.0 Å². The van der Waals surface area contributed by atoms with Crippen molar-refractivity contribution in [3.05, 3.63) is 47.3 Å². The van der Waals surface area contributed by atoms with E-state index in [1.54, 1.807) is 0 Å². The summed E-state index contributed by atoms with van der Waals surface area (Å²) in [6.45, 7) is -0.454. The Morgan fingerprint density at radius 3 is 2.48 bits per heavy atom. The normalized spacial score (nSPS) is 21.3. The molecule has 164 valence electrons. The molecule has 2 aliphatic heterocycles. The van der Waals surface area contributed by atoms with Gasteiger partial charge in [-0.15, -0.1) is 0 Å². The van der Waals surface area contributed by atoms with Crippen molar-refractivity contribution in [3.8, 4) is 5.75 Å². The van der Waals surface area contributed by atoms with Crippen LogP contribution in [0.4, 0.5) is 24.8 Å². The van der Waals surface area contributed by atoms with Gasteiger partial charge >= 0.3 is 0 Å². The minimum Gasteiger partial charge on any atom is -0.497 e. The molecule has 10 heteroatoms. The summed E-state index contributed by atoms with van der Waals surface area (Å²) in [6, 6.07) is 3.94. The number of aliphatic hydroxyl groups excluding tert-OH is 1. The van der Waals surface area contributed by atoms with Gasteiger partial charge in [0.25, 0.3) is 0 Å². The number of carbonyl (C=O) groups excluding carboxylic acids is 2. The number of nitrogens with zero attached hydrogens (tertiary/aromatic N) is 3. The molecule has 0 saturated carbocycles. The molecule has 1 N–H and O–H groups in total. The Balaban J connectivity index is 1.65. The molecular formula is C21H20F3N3O4. The second-order valence-corrected chi connectivity index (χ2v) is 7.52. The SMILES string of the molecule is COc1cc(F)c([C@H]2CC(=O)N(c3nc(N4C(=O)CC[C@H]4CO)ccc3F)C2)c(F)c1. The van der Waals surface area contributed by atoms with Crippen LogP contribution >= 0.6 is 0 Å². The summed E-state index contributed by atoms with van der Waals surface area (Å²) in [5.74, 6) is -4.38. The Labute approximate surface area is 176 Å². The lowest BCUT2D eigenvalue weighted by Gasteiger charge is -2.24. The van der Waals surface area contributed by atoms with E-state index in [9.17, 15) is 27.9 Å². The van der Waals surface area contributed by atoms with Gasteiger partial charge in [0.1, 0.15) is 23.2 Å². The van der Waals surface area contributed by atoms with Crippen LogP contribution in [0.2, 0.25) is 0 Å². The van der Waals surface area contributed by atoms with Crippen molar-refractivity contribution in [3.63, 3.8) is 0 Å². The van der Waals surface area contributed by atoms with Crippen LogP contribution in [-0.4, -0.2) is 48.2 Å². The number of halogens is 3. The molecule has 3 heterocycles. The molecule has 0 aliphatic carbocycles. The van der Waals surface area contributed by atoms with Gasteiger partial charge in [0.05, 0.1) is 19.8 Å². The van der Waals surface area contributed by atoms with Crippen LogP contribution < -0.4 is 14.5 Å². The molecule has 2 amide bonds. The molecule has 2 fully saturated rings. The predicted molar refractivity (Wildman–Crippen MR) is 104 cm³/mol. The Bertz CT molecular complexity index is 1030. The van der Waals surface area contributed by atoms with Gasteiger partial charge in [-0.25, -0.2) is 18.2 Å². The van der Waals surface area contributed by atoms with E-state index >= 15 is 0 Å². The zero-order chi connectivity index (χ0) is 22.3. The van der Waals surface area contributed by atoms with Crippen molar-refractivity contribution in [1.29, 1.82) is 0 Å². The van der Waals surface area contributed by atoms with Crippen LogP contribution in [0, 0.1) is 17.5 Å². The maximum absolute atomic E-state index is 14.6. The zero-order valence-electron chi connectivity index (χ0n) is 16.6. The third-order valence-corrected chi connectivity index (χ3v) is 5.67. The van der Waals surface area contributed by atoms with E-state index < -0.39 is 35.3 Å². The quantitative estimate of drug-likeness (QED) is 0.781. The Kier molecular flexibility index (Phi) is 5.57. The fourth-order valence-corrected chi connectivity index (χ4v) is 4.15. The number of amides is 2. The lowest BCUT2D eigenvalue weighted by atomic mass is 9.97. The van der Waals surface area contributed by atoms with E-state index in [-0.39, 0.29) is 54.8 Å². The number of aromatic nitrogens is 1. The van der Waals surface area contributed by atoms with Crippen molar-refractivity contribution in [2.75, 3.05) is 30.1 Å². The average molecular weight is 435 g/mol. The number of carbonyl (C=O) groups is 2. The first kappa shape index (κ1) is 21.1. The fourth-order valence-electron chi connectivity index (χ4n) is 4.15. The molecule has 0 spiro atoms. The molecule has 0 unspecified atom stereocenters. The minimum absolute atomic E-state index is 0.00839. The number of hydrogen-bond acceptors (Lipinski definition) is 5. The van der Waals surface area contributed by atoms with Crippen molar-refractivity contribution < 1.29 is 32.6 Å². The van der Waals surface area contributed by atoms with E-state index in [4.69, 9.17) is 4.74 Å². The van der Waals surface area contributed by atoms with Crippen molar-refractivity contribution in [2.24, 2.45) is 0 Å². The van der Waals surface area contributed by atoms with Gasteiger partial charge < -0.3 is 9.84 Å². The summed E-state index contributed by atoms with van der Waals surface area (Å²) in [5, 5.41) is 9.50. The number of methoxy groups -OCH3 is 1. The van der Waals surface area contributed by atoms with Crippen LogP contribution in [-0.2, 0) is 9.59 Å². The first-order valence-corrected chi connectivity index (χ1v) is 9.76. The molecule has 2 atom stereocenters. The number of aliphatic hydroxyl groups is 1. The summed E-state index contributed by atoms with van der Waals surface area (Å²) in [5.41, 5.74) is -0.275. The largest absolute Gasteiger partial charge is 0.497 e. The Hall–Kier alpha value is -3.14. The number of rotatable bonds is 5. The highest BCUT2D eigenvalue weighted by molar-refractivity contribution is 5.97. The van der Waals surface area contributed by atoms with Gasteiger partial charge in [-0.3, -0.25) is 19.4 Å². The monoisotopic (exact) mass is 435 g/mol. The van der Waals surface area contributed by atoms with Crippen LogP contribution in [0.3, 0.4) is 0 Å². The molecule has 7 nitrogen and oxygen atoms in total. The van der Waals surface area contributed by atoms with Gasteiger partial charge in [0.15, 0.2) is 11.6 Å². The highest BCUT2D eigenvalue weighted by Gasteiger charge is 2.38. The average Bonchev–Trinajstić information content (AvgIpc) is 3.30. The number of ether oxygens (including phenoxy) is 1. The second kappa shape index (κ2) is 8.18. The van der Waals surface area contributed by atoms with Gasteiger partial charge in [-0.05, 0) is 18.6 Å². The molecule has 4 rings (SSSR count). The fraction of sp³-hybridized carbons (Fsp3) is 0.381. The summed E-state index contributed by atoms with van der Waals surface area (Å²) in [7, 11) is 1.28. The summed E-state index contributed by atoms with van der Waals surface area (Å²) in [6.07, 6.45) is 0.429. The maximum Gasteiger partial charge on any atom is 0.228 e. The standard InChI is InChI=1S/C21H20F3N3O4/c1-31-13-7-15(23)20(16(24)8-13)11-6-19(30)26(9-11)21-14(22)3-4-17(25-21)27-12(10-28)2-5-18(27)29/h3-4,7-8,11-12,28H,2,5-6,9-10H2,1H3/t11-,12-/m0/s1. The Morgan fingerprint density at radius 2 is 1.84 bits per heavy atom. The molecule has 31 heavy (non-hydrogen) atoms. The summed E-state index contributed by atoms with van der Waals surface area (Å²) < 4.78 is 48.4. The predicted octanol–water partition coefficient (Wildman–Crippen LogP) is 2.52. The molecule has 0 bridgehead atoms. The van der Waals surface area contributed by atoms with Crippen LogP contribution in [0.25, 0.3) is 0 Å². The Morgan fingerprint density at radius 1 is 1.13 bits per heavy atom. The zero-order valence-corrected chi connectivity index (χ0v) is 16.6. The van der Waals surface area contributed by atoms with Crippen molar-refractivity contribution in [2.45, 2.75) is 31.2 Å². The summed E-state index contributed by atoms with van der Waals surface area (Å²) >= 11 is 0. The number of hydrogen-bond donors (Lipinski definition) is 1. The van der Waals surface area contributed by atoms with E-state index in [1.807, 2.05) is 0 Å². The molecule has 0 radical (unpaired) electrons. The van der Waals surface area contributed by atoms with Crippen molar-refractivity contribution in [1.82, 2.24) is 4.98 Å². The lowest BCUT2D eigenvalue weighted by molar-refractivity contribution is -0.118. The third kappa shape index (κ3) is 3.71. The second-order valence-electron chi connectivity index (χ2n) is 7.52. The smallest absolute Gasteiger partial charge is 0.228 e. The number of anilines is 2. The minimum atomic E-state index is -0.855. The molecule has 2 aliphatic rings. The maximum atomic E-state index is 14.6. The molecule has 1 aromatic heterocycles. The summed E-state index contributed by atoms with van der Waals surface area (Å²) in [4.78, 5) is 31.3. The number of benzene rings is 1. The van der Waals surface area contributed by atoms with Crippen LogP contribution in [0.15, 0.2) is 24.3 Å². The van der Waals surface area contributed by atoms with Gasteiger partial charge in [-0.1, -0.05) is 0 Å². The first-order valence-electron chi connectivity index (χ1n) is 9.76.